The number of unbranched alkanes of at least 4 members (excludes halogenated alkanes) is 1. The Morgan fingerprint density at radius 3 is 1.83 bits per heavy atom. The van der Waals surface area contributed by atoms with Gasteiger partial charge in [-0.15, -0.1) is 0 Å². The minimum absolute atomic E-state index is 0.126. The summed E-state index contributed by atoms with van der Waals surface area (Å²) in [5.74, 6) is -6.97. The fraction of sp³-hybridized carbons (Fsp3) is 0.708. The second-order valence-corrected chi connectivity index (χ2v) is 9.70. The van der Waals surface area contributed by atoms with E-state index in [0.29, 0.717) is 25.8 Å². The molecular weight excluding hydrogens is 562 g/mol. The summed E-state index contributed by atoms with van der Waals surface area (Å²) in [5.41, 5.74) is 10.7. The lowest BCUT2D eigenvalue weighted by molar-refractivity contribution is -0.143. The number of thiol groups is 1. The van der Waals surface area contributed by atoms with Gasteiger partial charge in [0.05, 0.1) is 13.1 Å². The van der Waals surface area contributed by atoms with Gasteiger partial charge < -0.3 is 48.3 Å². The highest BCUT2D eigenvalue weighted by Gasteiger charge is 2.32. The molecule has 0 radical (unpaired) electrons. The van der Waals surface area contributed by atoms with Gasteiger partial charge in [0.2, 0.25) is 29.5 Å². The third kappa shape index (κ3) is 15.2. The molecule has 0 fully saturated rings. The van der Waals surface area contributed by atoms with Crippen LogP contribution in [0.15, 0.2) is 0 Å². The van der Waals surface area contributed by atoms with E-state index in [2.05, 4.69) is 39.2 Å². The lowest BCUT2D eigenvalue weighted by Crippen LogP contribution is -2.59. The standard InChI is InChI=1S/C24H43N7O9S/c1-3-13(2)20(24(39)40)31-23(38)16(12-41)30-22(37)15(7-8-19(34)35)29-21(36)14(6-4-5-9-25)28-18(33)11-27-17(32)10-26/h13-16,20,41H,3-12,25-26H2,1-2H3,(H,27,32)(H,28,33)(H,29,36)(H,30,37)(H,31,38)(H,34,35)(H,39,40)/t13-,14-,15-,16-,20-/m0/s1. The van der Waals surface area contributed by atoms with Gasteiger partial charge in [0.1, 0.15) is 24.2 Å². The molecule has 0 aromatic heterocycles. The van der Waals surface area contributed by atoms with E-state index in [9.17, 15) is 38.7 Å². The topological polar surface area (TPSA) is 272 Å². The molecule has 0 aromatic rings. The van der Waals surface area contributed by atoms with E-state index < -0.39 is 84.5 Å². The molecule has 5 atom stereocenters. The first-order valence-corrected chi connectivity index (χ1v) is 13.9. The zero-order chi connectivity index (χ0) is 31.5. The number of amides is 5. The molecule has 234 valence electrons. The fourth-order valence-electron chi connectivity index (χ4n) is 3.47. The van der Waals surface area contributed by atoms with Crippen molar-refractivity contribution >= 4 is 54.1 Å². The van der Waals surface area contributed by atoms with Gasteiger partial charge in [-0.2, -0.15) is 12.6 Å². The maximum Gasteiger partial charge on any atom is 0.326 e. The SMILES string of the molecule is CC[C@H](C)[C@H](NC(=O)[C@H](CS)NC(=O)[C@H](CCC(=O)O)NC(=O)[C@H](CCCCN)NC(=O)CNC(=O)CN)C(=O)O. The molecule has 0 saturated heterocycles. The number of hydrogen-bond donors (Lipinski definition) is 10. The molecule has 0 rings (SSSR count). The third-order valence-corrected chi connectivity index (χ3v) is 6.47. The molecule has 0 aromatic carbocycles. The second-order valence-electron chi connectivity index (χ2n) is 9.33. The van der Waals surface area contributed by atoms with E-state index in [1.165, 1.54) is 0 Å². The maximum atomic E-state index is 13.1. The zero-order valence-corrected chi connectivity index (χ0v) is 24.2. The Morgan fingerprint density at radius 2 is 1.34 bits per heavy atom. The van der Waals surface area contributed by atoms with Crippen molar-refractivity contribution in [2.45, 2.75) is 76.5 Å². The normalized spacial score (nSPS) is 14.4. The number of hydrogen-bond acceptors (Lipinski definition) is 10. The number of aliphatic carboxylic acids is 2. The van der Waals surface area contributed by atoms with Crippen LogP contribution in [0.1, 0.15) is 52.4 Å². The highest BCUT2D eigenvalue weighted by Crippen LogP contribution is 2.09. The van der Waals surface area contributed by atoms with Gasteiger partial charge in [0, 0.05) is 12.2 Å². The molecule has 41 heavy (non-hydrogen) atoms. The van der Waals surface area contributed by atoms with Gasteiger partial charge in [-0.1, -0.05) is 20.3 Å². The van der Waals surface area contributed by atoms with E-state index in [-0.39, 0.29) is 25.1 Å². The van der Waals surface area contributed by atoms with Gasteiger partial charge in [-0.25, -0.2) is 4.79 Å². The molecular formula is C24H43N7O9S. The molecule has 0 heterocycles. The lowest BCUT2D eigenvalue weighted by Gasteiger charge is -2.26. The summed E-state index contributed by atoms with van der Waals surface area (Å²) in [5, 5.41) is 30.5. The van der Waals surface area contributed by atoms with Crippen LogP contribution >= 0.6 is 12.6 Å². The monoisotopic (exact) mass is 605 g/mol. The van der Waals surface area contributed by atoms with E-state index >= 15 is 0 Å². The van der Waals surface area contributed by atoms with Gasteiger partial charge in [-0.3, -0.25) is 28.8 Å². The van der Waals surface area contributed by atoms with Crippen LogP contribution in [-0.2, 0) is 33.6 Å². The number of carbonyl (C=O) groups is 7. The van der Waals surface area contributed by atoms with Crippen molar-refractivity contribution in [2.75, 3.05) is 25.4 Å². The first kappa shape index (κ1) is 37.6. The van der Waals surface area contributed by atoms with Crippen LogP contribution in [0.3, 0.4) is 0 Å². The Bertz CT molecular complexity index is 922. The minimum atomic E-state index is -1.43. The Balaban J connectivity index is 5.69. The number of carbonyl (C=O) groups excluding carboxylic acids is 5. The molecule has 17 heteroatoms. The van der Waals surface area contributed by atoms with Crippen molar-refractivity contribution in [1.29, 1.82) is 0 Å². The van der Waals surface area contributed by atoms with Crippen molar-refractivity contribution in [3.05, 3.63) is 0 Å². The van der Waals surface area contributed by atoms with Crippen LogP contribution in [-0.4, -0.2) is 101 Å². The van der Waals surface area contributed by atoms with Gasteiger partial charge in [0.15, 0.2) is 0 Å². The number of rotatable bonds is 21. The van der Waals surface area contributed by atoms with Crippen molar-refractivity contribution < 1.29 is 43.8 Å². The second kappa shape index (κ2) is 20.4. The van der Waals surface area contributed by atoms with E-state index in [4.69, 9.17) is 16.6 Å². The molecule has 0 unspecified atom stereocenters. The first-order valence-electron chi connectivity index (χ1n) is 13.2. The molecule has 0 aliphatic heterocycles. The minimum Gasteiger partial charge on any atom is -0.481 e. The van der Waals surface area contributed by atoms with Crippen LogP contribution in [0.5, 0.6) is 0 Å². The fourth-order valence-corrected chi connectivity index (χ4v) is 3.73. The summed E-state index contributed by atoms with van der Waals surface area (Å²) in [7, 11) is 0. The van der Waals surface area contributed by atoms with Crippen LogP contribution in [0.2, 0.25) is 0 Å². The van der Waals surface area contributed by atoms with Crippen LogP contribution in [0.25, 0.3) is 0 Å². The van der Waals surface area contributed by atoms with Gasteiger partial charge in [-0.05, 0) is 38.1 Å². The van der Waals surface area contributed by atoms with Crippen molar-refractivity contribution in [3.8, 4) is 0 Å². The number of carboxylic acids is 2. The Labute approximate surface area is 243 Å². The van der Waals surface area contributed by atoms with E-state index in [1.54, 1.807) is 13.8 Å². The molecule has 16 nitrogen and oxygen atoms in total. The molecule has 5 amide bonds. The summed E-state index contributed by atoms with van der Waals surface area (Å²) in [4.78, 5) is 85.3. The van der Waals surface area contributed by atoms with Crippen LogP contribution in [0.4, 0.5) is 0 Å². The van der Waals surface area contributed by atoms with E-state index in [0.717, 1.165) is 0 Å². The van der Waals surface area contributed by atoms with Crippen molar-refractivity contribution in [3.63, 3.8) is 0 Å². The highest BCUT2D eigenvalue weighted by molar-refractivity contribution is 7.80. The Morgan fingerprint density at radius 1 is 0.780 bits per heavy atom. The van der Waals surface area contributed by atoms with Gasteiger partial charge in [0.25, 0.3) is 0 Å². The lowest BCUT2D eigenvalue weighted by atomic mass is 9.99. The van der Waals surface area contributed by atoms with Crippen molar-refractivity contribution in [1.82, 2.24) is 26.6 Å². The zero-order valence-electron chi connectivity index (χ0n) is 23.3. The first-order chi connectivity index (χ1) is 19.3. The summed E-state index contributed by atoms with van der Waals surface area (Å²) < 4.78 is 0. The van der Waals surface area contributed by atoms with Crippen LogP contribution in [0, 0.1) is 5.92 Å². The third-order valence-electron chi connectivity index (χ3n) is 6.10. The molecule has 0 spiro atoms. The average molecular weight is 606 g/mol. The summed E-state index contributed by atoms with van der Waals surface area (Å²) >= 11 is 4.06. The predicted molar refractivity (Wildman–Crippen MR) is 151 cm³/mol. The average Bonchev–Trinajstić information content (AvgIpc) is 2.93. The smallest absolute Gasteiger partial charge is 0.326 e. The molecule has 0 saturated carbocycles. The molecule has 0 aliphatic rings. The number of nitrogens with two attached hydrogens (primary N) is 2. The molecule has 0 bridgehead atoms. The maximum absolute atomic E-state index is 13.1. The number of carboxylic acid groups (broad SMARTS) is 2. The van der Waals surface area contributed by atoms with Crippen LogP contribution < -0.4 is 38.1 Å². The summed E-state index contributed by atoms with van der Waals surface area (Å²) in [6.07, 6.45) is 0.675. The predicted octanol–water partition coefficient (Wildman–Crippen LogP) is -2.95. The largest absolute Gasteiger partial charge is 0.481 e. The van der Waals surface area contributed by atoms with E-state index in [1.807, 2.05) is 0 Å². The Hall–Kier alpha value is -3.44. The summed E-state index contributed by atoms with van der Waals surface area (Å²) in [6, 6.07) is -5.10. The summed E-state index contributed by atoms with van der Waals surface area (Å²) in [6.45, 7) is 2.92. The molecule has 11 N–H and O–H groups in total. The molecule has 0 aliphatic carbocycles. The van der Waals surface area contributed by atoms with Crippen molar-refractivity contribution in [2.24, 2.45) is 17.4 Å². The quantitative estimate of drug-likeness (QED) is 0.0467. The Kier molecular flexibility index (Phi) is 18.7. The highest BCUT2D eigenvalue weighted by atomic mass is 32.1. The van der Waals surface area contributed by atoms with Gasteiger partial charge >= 0.3 is 11.9 Å². The number of nitrogens with one attached hydrogen (secondary N) is 5.